The van der Waals surface area contributed by atoms with E-state index < -0.39 is 23.6 Å². The maximum atomic E-state index is 12.3. The van der Waals surface area contributed by atoms with Crippen LogP contribution < -0.4 is 5.32 Å². The summed E-state index contributed by atoms with van der Waals surface area (Å²) in [5, 5.41) is 2.38. The third-order valence-electron chi connectivity index (χ3n) is 2.41. The van der Waals surface area contributed by atoms with E-state index in [4.69, 9.17) is 0 Å². The fraction of sp³-hybridized carbons (Fsp3) is 0.167. The Hall–Kier alpha value is -2.31. The zero-order valence-electron chi connectivity index (χ0n) is 9.45. The van der Waals surface area contributed by atoms with Crippen molar-refractivity contribution in [2.75, 3.05) is 6.61 Å². The van der Waals surface area contributed by atoms with Gasteiger partial charge >= 0.3 is 12.1 Å². The van der Waals surface area contributed by atoms with Crippen molar-refractivity contribution in [3.8, 4) is 0 Å². The minimum absolute atomic E-state index is 0.0504. The minimum Gasteiger partial charge on any atom is -0.456 e. The molecule has 19 heavy (non-hydrogen) atoms. The molecule has 0 fully saturated rings. The predicted octanol–water partition coefficient (Wildman–Crippen LogP) is 1.88. The lowest BCUT2D eigenvalue weighted by Crippen LogP contribution is -2.23. The van der Waals surface area contributed by atoms with Crippen LogP contribution in [0.2, 0.25) is 0 Å². The Labute approximate surface area is 105 Å². The highest BCUT2D eigenvalue weighted by atomic mass is 19.4. The number of carbonyl (C=O) groups excluding carboxylic acids is 2. The topological polar surface area (TPSA) is 55.4 Å². The van der Waals surface area contributed by atoms with Crippen LogP contribution in [0, 0.1) is 0 Å². The molecule has 1 aliphatic heterocycles. The van der Waals surface area contributed by atoms with Crippen molar-refractivity contribution in [1.82, 2.24) is 5.32 Å². The summed E-state index contributed by atoms with van der Waals surface area (Å²) < 4.78 is 41.6. The van der Waals surface area contributed by atoms with Crippen LogP contribution in [0.1, 0.15) is 15.9 Å². The Morgan fingerprint density at radius 2 is 1.84 bits per heavy atom. The largest absolute Gasteiger partial charge is 0.456 e. The van der Waals surface area contributed by atoms with E-state index in [9.17, 15) is 22.8 Å². The van der Waals surface area contributed by atoms with Crippen LogP contribution in [-0.2, 0) is 15.7 Å². The van der Waals surface area contributed by atoms with Gasteiger partial charge < -0.3 is 10.1 Å². The summed E-state index contributed by atoms with van der Waals surface area (Å²) in [6.45, 7) is -0.0504. The van der Waals surface area contributed by atoms with Crippen LogP contribution in [0.15, 0.2) is 36.0 Å². The number of amides is 1. The lowest BCUT2D eigenvalue weighted by atomic mass is 10.1. The molecule has 2 rings (SSSR count). The quantitative estimate of drug-likeness (QED) is 0.835. The number of benzene rings is 1. The molecule has 100 valence electrons. The molecule has 4 nitrogen and oxygen atoms in total. The Balaban J connectivity index is 2.08. The summed E-state index contributed by atoms with van der Waals surface area (Å²) >= 11 is 0. The number of rotatable bonds is 2. The average molecular weight is 271 g/mol. The Kier molecular flexibility index (Phi) is 3.28. The molecule has 0 atom stereocenters. The van der Waals surface area contributed by atoms with E-state index in [0.29, 0.717) is 0 Å². The predicted molar refractivity (Wildman–Crippen MR) is 58.0 cm³/mol. The van der Waals surface area contributed by atoms with Crippen LogP contribution in [0.5, 0.6) is 0 Å². The van der Waals surface area contributed by atoms with Crippen molar-refractivity contribution in [2.45, 2.75) is 6.18 Å². The molecule has 0 radical (unpaired) electrons. The summed E-state index contributed by atoms with van der Waals surface area (Å²) in [5.74, 6) is -1.17. The Morgan fingerprint density at radius 3 is 2.32 bits per heavy atom. The molecule has 1 heterocycles. The first-order valence-electron chi connectivity index (χ1n) is 5.22. The molecule has 1 amide bonds. The molecular formula is C12H8F3NO3. The number of halogens is 3. The first kappa shape index (κ1) is 13.1. The third-order valence-corrected chi connectivity index (χ3v) is 2.41. The van der Waals surface area contributed by atoms with Gasteiger partial charge in [0.1, 0.15) is 6.61 Å². The van der Waals surface area contributed by atoms with Gasteiger partial charge in [-0.05, 0) is 24.3 Å². The molecule has 7 heteroatoms. The van der Waals surface area contributed by atoms with Crippen LogP contribution in [0.3, 0.4) is 0 Å². The fourth-order valence-electron chi connectivity index (χ4n) is 1.48. The van der Waals surface area contributed by atoms with E-state index in [-0.39, 0.29) is 17.9 Å². The first-order chi connectivity index (χ1) is 8.86. The molecule has 0 aliphatic carbocycles. The highest BCUT2D eigenvalue weighted by Gasteiger charge is 2.30. The molecule has 1 aliphatic rings. The number of hydrogen-bond donors (Lipinski definition) is 1. The van der Waals surface area contributed by atoms with Gasteiger partial charge in [-0.15, -0.1) is 0 Å². The molecule has 0 saturated heterocycles. The summed E-state index contributed by atoms with van der Waals surface area (Å²) in [6, 6.07) is 3.77. The van der Waals surface area contributed by atoms with Crippen LogP contribution >= 0.6 is 0 Å². The molecule has 0 saturated carbocycles. The molecule has 0 aromatic heterocycles. The average Bonchev–Trinajstić information content (AvgIpc) is 2.74. The van der Waals surface area contributed by atoms with Crippen molar-refractivity contribution >= 4 is 11.9 Å². The highest BCUT2D eigenvalue weighted by molar-refractivity contribution is 5.96. The second-order valence-electron chi connectivity index (χ2n) is 3.81. The maximum Gasteiger partial charge on any atom is 0.416 e. The van der Waals surface area contributed by atoms with Gasteiger partial charge in [-0.2, -0.15) is 13.2 Å². The minimum atomic E-state index is -4.44. The van der Waals surface area contributed by atoms with E-state index >= 15 is 0 Å². The SMILES string of the molecule is O=C1C=C(NC(=O)c2ccc(C(F)(F)F)cc2)CO1. The molecule has 1 N–H and O–H groups in total. The number of ether oxygens (including phenoxy) is 1. The van der Waals surface area contributed by atoms with Crippen LogP contribution in [0.25, 0.3) is 0 Å². The van der Waals surface area contributed by atoms with E-state index in [1.807, 2.05) is 0 Å². The van der Waals surface area contributed by atoms with Crippen LogP contribution in [-0.4, -0.2) is 18.5 Å². The number of esters is 1. The summed E-state index contributed by atoms with van der Waals surface area (Å²) in [5.41, 5.74) is -0.495. The molecule has 0 bridgehead atoms. The number of nitrogens with one attached hydrogen (secondary N) is 1. The smallest absolute Gasteiger partial charge is 0.416 e. The fourth-order valence-corrected chi connectivity index (χ4v) is 1.48. The molecule has 0 unspecified atom stereocenters. The zero-order chi connectivity index (χ0) is 14.0. The first-order valence-corrected chi connectivity index (χ1v) is 5.22. The van der Waals surface area contributed by atoms with Crippen molar-refractivity contribution in [1.29, 1.82) is 0 Å². The summed E-state index contributed by atoms with van der Waals surface area (Å²) in [4.78, 5) is 22.4. The van der Waals surface area contributed by atoms with E-state index in [2.05, 4.69) is 10.1 Å². The van der Waals surface area contributed by atoms with E-state index in [0.717, 1.165) is 30.3 Å². The summed E-state index contributed by atoms with van der Waals surface area (Å²) in [7, 11) is 0. The molecule has 1 aromatic rings. The second kappa shape index (κ2) is 4.75. The van der Waals surface area contributed by atoms with Gasteiger partial charge in [0.2, 0.25) is 0 Å². The van der Waals surface area contributed by atoms with Gasteiger partial charge in [-0.25, -0.2) is 4.79 Å². The van der Waals surface area contributed by atoms with Gasteiger partial charge in [-0.1, -0.05) is 0 Å². The standard InChI is InChI=1S/C12H8F3NO3/c13-12(14,15)8-3-1-7(2-4-8)11(18)16-9-5-10(17)19-6-9/h1-5H,6H2,(H,16,18). The normalized spacial score (nSPS) is 14.9. The molecule has 1 aromatic carbocycles. The van der Waals surface area contributed by atoms with Crippen molar-refractivity contribution in [3.05, 3.63) is 47.2 Å². The second-order valence-corrected chi connectivity index (χ2v) is 3.81. The van der Waals surface area contributed by atoms with Gasteiger partial charge in [0.15, 0.2) is 0 Å². The highest BCUT2D eigenvalue weighted by Crippen LogP contribution is 2.29. The van der Waals surface area contributed by atoms with E-state index in [1.165, 1.54) is 0 Å². The van der Waals surface area contributed by atoms with Crippen molar-refractivity contribution < 1.29 is 27.5 Å². The van der Waals surface area contributed by atoms with Gasteiger partial charge in [0.25, 0.3) is 5.91 Å². The van der Waals surface area contributed by atoms with Crippen molar-refractivity contribution in [3.63, 3.8) is 0 Å². The van der Waals surface area contributed by atoms with Crippen molar-refractivity contribution in [2.24, 2.45) is 0 Å². The maximum absolute atomic E-state index is 12.3. The van der Waals surface area contributed by atoms with Gasteiger partial charge in [0.05, 0.1) is 11.3 Å². The Bertz CT molecular complexity index is 546. The number of carbonyl (C=O) groups is 2. The number of hydrogen-bond acceptors (Lipinski definition) is 3. The van der Waals surface area contributed by atoms with Gasteiger partial charge in [0, 0.05) is 11.6 Å². The summed E-state index contributed by atoms with van der Waals surface area (Å²) in [6.07, 6.45) is -3.33. The number of alkyl halides is 3. The number of cyclic esters (lactones) is 1. The lowest BCUT2D eigenvalue weighted by Gasteiger charge is -2.08. The lowest BCUT2D eigenvalue weighted by molar-refractivity contribution is -0.137. The Morgan fingerprint density at radius 1 is 1.21 bits per heavy atom. The van der Waals surface area contributed by atoms with E-state index in [1.54, 1.807) is 0 Å². The third kappa shape index (κ3) is 3.12. The van der Waals surface area contributed by atoms with Gasteiger partial charge in [-0.3, -0.25) is 4.79 Å². The zero-order valence-corrected chi connectivity index (χ0v) is 9.45. The van der Waals surface area contributed by atoms with Crippen LogP contribution in [0.4, 0.5) is 13.2 Å². The monoisotopic (exact) mass is 271 g/mol. The molecule has 0 spiro atoms. The molecular weight excluding hydrogens is 263 g/mol.